The number of esters is 1. The molecule has 74 valence electrons. The van der Waals surface area contributed by atoms with E-state index in [2.05, 4.69) is 22.5 Å². The summed E-state index contributed by atoms with van der Waals surface area (Å²) in [6.07, 6.45) is 1.42. The lowest BCUT2D eigenvalue weighted by molar-refractivity contribution is 0.0544. The number of benzene rings is 1. The molecule has 0 fully saturated rings. The monoisotopic (exact) mass is 258 g/mol. The molecule has 0 spiro atoms. The van der Waals surface area contributed by atoms with Crippen LogP contribution in [0.15, 0.2) is 35.3 Å². The summed E-state index contributed by atoms with van der Waals surface area (Å²) in [5.74, 6) is -1.29. The van der Waals surface area contributed by atoms with Crippen LogP contribution >= 0.6 is 15.9 Å². The molecule has 0 aliphatic carbocycles. The van der Waals surface area contributed by atoms with E-state index in [0.717, 1.165) is 0 Å². The molecule has 0 radical (unpaired) electrons. The first-order valence-corrected chi connectivity index (χ1v) is 4.67. The number of hydrogen-bond acceptors (Lipinski definition) is 2. The van der Waals surface area contributed by atoms with E-state index in [9.17, 15) is 9.18 Å². The van der Waals surface area contributed by atoms with Gasteiger partial charge in [-0.05, 0) is 18.2 Å². The summed E-state index contributed by atoms with van der Waals surface area (Å²) in [6, 6.07) is 4.09. The van der Waals surface area contributed by atoms with Crippen LogP contribution in [0.25, 0.3) is 0 Å². The molecule has 0 unspecified atom stereocenters. The van der Waals surface area contributed by atoms with Crippen LogP contribution in [-0.4, -0.2) is 12.6 Å². The second kappa shape index (κ2) is 4.91. The summed E-state index contributed by atoms with van der Waals surface area (Å²) in [6.45, 7) is 3.46. The van der Waals surface area contributed by atoms with Crippen LogP contribution in [0, 0.1) is 5.82 Å². The highest BCUT2D eigenvalue weighted by atomic mass is 79.9. The molecule has 0 aliphatic heterocycles. The topological polar surface area (TPSA) is 26.3 Å². The van der Waals surface area contributed by atoms with Gasteiger partial charge in [0.15, 0.2) is 0 Å². The fraction of sp³-hybridized carbons (Fsp3) is 0.100. The van der Waals surface area contributed by atoms with E-state index in [4.69, 9.17) is 4.74 Å². The van der Waals surface area contributed by atoms with Crippen molar-refractivity contribution in [1.82, 2.24) is 0 Å². The van der Waals surface area contributed by atoms with E-state index in [1.807, 2.05) is 0 Å². The van der Waals surface area contributed by atoms with Gasteiger partial charge in [-0.3, -0.25) is 0 Å². The predicted octanol–water partition coefficient (Wildman–Crippen LogP) is 2.93. The highest BCUT2D eigenvalue weighted by Gasteiger charge is 2.12. The molecule has 0 aromatic heterocycles. The molecule has 0 N–H and O–H groups in total. The zero-order valence-electron chi connectivity index (χ0n) is 7.30. The summed E-state index contributed by atoms with van der Waals surface area (Å²) in [5.41, 5.74) is -0.0822. The van der Waals surface area contributed by atoms with Gasteiger partial charge in [0, 0.05) is 4.47 Å². The van der Waals surface area contributed by atoms with E-state index in [1.165, 1.54) is 24.3 Å². The van der Waals surface area contributed by atoms with Crippen molar-refractivity contribution < 1.29 is 13.9 Å². The third kappa shape index (κ3) is 2.67. The zero-order chi connectivity index (χ0) is 10.6. The Kier molecular flexibility index (Phi) is 3.83. The first kappa shape index (κ1) is 10.9. The molecule has 0 saturated heterocycles. The van der Waals surface area contributed by atoms with E-state index in [1.54, 1.807) is 0 Å². The first-order valence-electron chi connectivity index (χ1n) is 3.88. The highest BCUT2D eigenvalue weighted by Crippen LogP contribution is 2.16. The molecular formula is C10H8BrFO2. The smallest absolute Gasteiger partial charge is 0.341 e. The van der Waals surface area contributed by atoms with Gasteiger partial charge in [0.1, 0.15) is 12.4 Å². The van der Waals surface area contributed by atoms with Crippen molar-refractivity contribution in [2.24, 2.45) is 0 Å². The molecule has 1 aromatic carbocycles. The molecular weight excluding hydrogens is 251 g/mol. The van der Waals surface area contributed by atoms with Crippen molar-refractivity contribution in [2.75, 3.05) is 6.61 Å². The molecule has 1 rings (SSSR count). The lowest BCUT2D eigenvalue weighted by Gasteiger charge is -2.03. The second-order valence-corrected chi connectivity index (χ2v) is 3.43. The Morgan fingerprint density at radius 2 is 2.36 bits per heavy atom. The molecule has 14 heavy (non-hydrogen) atoms. The van der Waals surface area contributed by atoms with E-state index in [0.29, 0.717) is 4.47 Å². The normalized spacial score (nSPS) is 9.57. The Hall–Kier alpha value is -1.16. The van der Waals surface area contributed by atoms with Crippen LogP contribution in [0.4, 0.5) is 4.39 Å². The standard InChI is InChI=1S/C10H8BrFO2/c1-2-5-14-10(13)8-6-7(11)3-4-9(8)12/h2-4,6H,1,5H2. The summed E-state index contributed by atoms with van der Waals surface area (Å²) < 4.78 is 18.4. The Morgan fingerprint density at radius 3 is 3.00 bits per heavy atom. The number of hydrogen-bond donors (Lipinski definition) is 0. The Labute approximate surface area is 89.5 Å². The van der Waals surface area contributed by atoms with Crippen molar-refractivity contribution in [3.63, 3.8) is 0 Å². The maximum Gasteiger partial charge on any atom is 0.341 e. The largest absolute Gasteiger partial charge is 0.458 e. The lowest BCUT2D eigenvalue weighted by atomic mass is 10.2. The average molecular weight is 259 g/mol. The van der Waals surface area contributed by atoms with E-state index < -0.39 is 11.8 Å². The summed E-state index contributed by atoms with van der Waals surface area (Å²) in [5, 5.41) is 0. The van der Waals surface area contributed by atoms with Crippen molar-refractivity contribution in [3.05, 3.63) is 46.7 Å². The van der Waals surface area contributed by atoms with Gasteiger partial charge in [0.05, 0.1) is 5.56 Å². The molecule has 0 atom stereocenters. The Bertz CT molecular complexity index is 363. The van der Waals surface area contributed by atoms with Gasteiger partial charge in [-0.2, -0.15) is 0 Å². The van der Waals surface area contributed by atoms with Gasteiger partial charge in [0.25, 0.3) is 0 Å². The van der Waals surface area contributed by atoms with Gasteiger partial charge in [0.2, 0.25) is 0 Å². The number of ether oxygens (including phenoxy) is 1. The highest BCUT2D eigenvalue weighted by molar-refractivity contribution is 9.10. The van der Waals surface area contributed by atoms with E-state index in [-0.39, 0.29) is 12.2 Å². The summed E-state index contributed by atoms with van der Waals surface area (Å²) in [4.78, 5) is 11.2. The molecule has 4 heteroatoms. The SMILES string of the molecule is C=CCOC(=O)c1cc(Br)ccc1F. The van der Waals surface area contributed by atoms with Crippen LogP contribution in [0.2, 0.25) is 0 Å². The lowest BCUT2D eigenvalue weighted by Crippen LogP contribution is -2.07. The summed E-state index contributed by atoms with van der Waals surface area (Å²) >= 11 is 3.14. The quantitative estimate of drug-likeness (QED) is 0.616. The maximum atomic E-state index is 13.1. The number of carbonyl (C=O) groups is 1. The van der Waals surface area contributed by atoms with Gasteiger partial charge in [-0.25, -0.2) is 9.18 Å². The molecule has 0 amide bonds. The number of carbonyl (C=O) groups excluding carboxylic acids is 1. The van der Waals surface area contributed by atoms with E-state index >= 15 is 0 Å². The fourth-order valence-electron chi connectivity index (χ4n) is 0.866. The molecule has 0 saturated carbocycles. The minimum atomic E-state index is -0.691. The summed E-state index contributed by atoms with van der Waals surface area (Å²) in [7, 11) is 0. The third-order valence-electron chi connectivity index (χ3n) is 1.48. The van der Waals surface area contributed by atoms with Crippen LogP contribution < -0.4 is 0 Å². The molecule has 1 aromatic rings. The zero-order valence-corrected chi connectivity index (χ0v) is 8.88. The number of rotatable bonds is 3. The average Bonchev–Trinajstić information content (AvgIpc) is 2.18. The van der Waals surface area contributed by atoms with Crippen molar-refractivity contribution >= 4 is 21.9 Å². The Balaban J connectivity index is 2.88. The molecule has 0 aliphatic rings. The Morgan fingerprint density at radius 1 is 1.64 bits per heavy atom. The van der Waals surface area contributed by atoms with Crippen LogP contribution in [0.3, 0.4) is 0 Å². The van der Waals surface area contributed by atoms with Crippen LogP contribution in [0.5, 0.6) is 0 Å². The van der Waals surface area contributed by atoms with Crippen molar-refractivity contribution in [1.29, 1.82) is 0 Å². The van der Waals surface area contributed by atoms with Crippen LogP contribution in [-0.2, 0) is 4.74 Å². The van der Waals surface area contributed by atoms with Crippen molar-refractivity contribution in [3.8, 4) is 0 Å². The molecule has 0 bridgehead atoms. The van der Waals surface area contributed by atoms with Gasteiger partial charge in [-0.15, -0.1) is 0 Å². The predicted molar refractivity (Wildman–Crippen MR) is 54.6 cm³/mol. The van der Waals surface area contributed by atoms with Gasteiger partial charge >= 0.3 is 5.97 Å². The first-order chi connectivity index (χ1) is 6.65. The third-order valence-corrected chi connectivity index (χ3v) is 1.97. The maximum absolute atomic E-state index is 13.1. The van der Waals surface area contributed by atoms with Crippen molar-refractivity contribution in [2.45, 2.75) is 0 Å². The van der Waals surface area contributed by atoms with Gasteiger partial charge < -0.3 is 4.74 Å². The number of halogens is 2. The molecule has 0 heterocycles. The fourth-order valence-corrected chi connectivity index (χ4v) is 1.23. The second-order valence-electron chi connectivity index (χ2n) is 2.51. The van der Waals surface area contributed by atoms with Crippen LogP contribution in [0.1, 0.15) is 10.4 Å². The van der Waals surface area contributed by atoms with Gasteiger partial charge in [-0.1, -0.05) is 28.6 Å². The minimum absolute atomic E-state index is 0.0742. The molecule has 2 nitrogen and oxygen atoms in total. The minimum Gasteiger partial charge on any atom is -0.458 e.